The van der Waals surface area contributed by atoms with Crippen molar-refractivity contribution in [3.63, 3.8) is 0 Å². The summed E-state index contributed by atoms with van der Waals surface area (Å²) in [6.45, 7) is 5.76. The summed E-state index contributed by atoms with van der Waals surface area (Å²) in [5.74, 6) is 0.536. The van der Waals surface area contributed by atoms with E-state index in [-0.39, 0.29) is 5.82 Å². The first-order chi connectivity index (χ1) is 10.4. The summed E-state index contributed by atoms with van der Waals surface area (Å²) in [5, 5.41) is 10.5. The molecule has 0 radical (unpaired) electrons. The molecule has 116 valence electrons. The largest absolute Gasteiger partial charge is 0.459 e. The van der Waals surface area contributed by atoms with Crippen LogP contribution in [-0.4, -0.2) is 16.2 Å². The van der Waals surface area contributed by atoms with Crippen molar-refractivity contribution in [2.75, 3.05) is 0 Å². The van der Waals surface area contributed by atoms with Crippen LogP contribution in [0.5, 0.6) is 5.75 Å². The van der Waals surface area contributed by atoms with Crippen LogP contribution in [0.2, 0.25) is 0 Å². The van der Waals surface area contributed by atoms with Gasteiger partial charge in [0.05, 0.1) is 0 Å². The molecule has 0 aliphatic carbocycles. The Morgan fingerprint density at radius 1 is 1.23 bits per heavy atom. The minimum atomic E-state index is -0.808. The predicted octanol–water partition coefficient (Wildman–Crippen LogP) is 4.05. The molecule has 2 aromatic rings. The maximum Gasteiger partial charge on any atom is 0.134 e. The number of rotatable bonds is 4. The van der Waals surface area contributed by atoms with Crippen LogP contribution in [0, 0.1) is 11.2 Å². The van der Waals surface area contributed by atoms with Gasteiger partial charge in [-0.25, -0.2) is 4.39 Å². The summed E-state index contributed by atoms with van der Waals surface area (Å²) < 4.78 is 18.8. The summed E-state index contributed by atoms with van der Waals surface area (Å²) in [6.07, 6.45) is 4.30. The molecule has 1 N–H and O–H groups in total. The third-order valence-electron chi connectivity index (χ3n) is 3.13. The van der Waals surface area contributed by atoms with Gasteiger partial charge in [0.2, 0.25) is 0 Å². The Morgan fingerprint density at radius 3 is 2.45 bits per heavy atom. The molecule has 2 rings (SSSR count). The molecule has 0 saturated carbocycles. The van der Waals surface area contributed by atoms with Crippen LogP contribution in [0.3, 0.4) is 0 Å². The maximum atomic E-state index is 13.0. The van der Waals surface area contributed by atoms with Crippen LogP contribution < -0.4 is 4.74 Å². The third-order valence-corrected chi connectivity index (χ3v) is 3.13. The van der Waals surface area contributed by atoms with E-state index in [9.17, 15) is 9.50 Å². The summed E-state index contributed by atoms with van der Waals surface area (Å²) >= 11 is 0. The number of hydrogen-bond donors (Lipinski definition) is 1. The number of nitrogens with zero attached hydrogens (tertiary/aromatic N) is 1. The van der Waals surface area contributed by atoms with Crippen LogP contribution >= 0.6 is 0 Å². The van der Waals surface area contributed by atoms with Crippen molar-refractivity contribution < 1.29 is 14.2 Å². The molecule has 1 aromatic heterocycles. The molecule has 1 aromatic carbocycles. The molecule has 0 saturated heterocycles. The lowest BCUT2D eigenvalue weighted by molar-refractivity contribution is 0.0641. The summed E-state index contributed by atoms with van der Waals surface area (Å²) in [4.78, 5) is 4.05. The number of halogens is 1. The zero-order valence-electron chi connectivity index (χ0n) is 13.0. The van der Waals surface area contributed by atoms with Crippen LogP contribution in [0.25, 0.3) is 6.08 Å². The standard InChI is InChI=1S/C18H20FNO2/c1-18(2,3)17(21)16(11-13-5-4-10-20-12-13)22-15-8-6-14(19)7-9-15/h4-12,17,21H,1-3H3/b16-11+. The maximum absolute atomic E-state index is 13.0. The smallest absolute Gasteiger partial charge is 0.134 e. The lowest BCUT2D eigenvalue weighted by atomic mass is 9.87. The van der Waals surface area contributed by atoms with E-state index in [0.29, 0.717) is 11.5 Å². The Bertz CT molecular complexity index is 630. The number of hydrogen-bond acceptors (Lipinski definition) is 3. The number of pyridine rings is 1. The van der Waals surface area contributed by atoms with E-state index in [4.69, 9.17) is 4.74 Å². The zero-order valence-corrected chi connectivity index (χ0v) is 13.0. The molecular weight excluding hydrogens is 281 g/mol. The van der Waals surface area contributed by atoms with E-state index in [1.54, 1.807) is 18.5 Å². The number of ether oxygens (including phenoxy) is 1. The summed E-state index contributed by atoms with van der Waals surface area (Å²) in [7, 11) is 0. The zero-order chi connectivity index (χ0) is 16.2. The van der Waals surface area contributed by atoms with Gasteiger partial charge in [0.1, 0.15) is 23.4 Å². The molecule has 1 atom stereocenters. The van der Waals surface area contributed by atoms with Gasteiger partial charge in [0, 0.05) is 12.4 Å². The fourth-order valence-corrected chi connectivity index (χ4v) is 1.86. The Hall–Kier alpha value is -2.20. The van der Waals surface area contributed by atoms with Crippen molar-refractivity contribution in [2.24, 2.45) is 5.41 Å². The average Bonchev–Trinajstić information content (AvgIpc) is 2.48. The van der Waals surface area contributed by atoms with Gasteiger partial charge < -0.3 is 9.84 Å². The van der Waals surface area contributed by atoms with Crippen molar-refractivity contribution in [1.82, 2.24) is 4.98 Å². The van der Waals surface area contributed by atoms with Crippen molar-refractivity contribution in [1.29, 1.82) is 0 Å². The van der Waals surface area contributed by atoms with Crippen molar-refractivity contribution in [2.45, 2.75) is 26.9 Å². The minimum absolute atomic E-state index is 0.332. The lowest BCUT2D eigenvalue weighted by Gasteiger charge is -2.28. The molecule has 0 amide bonds. The van der Waals surface area contributed by atoms with E-state index in [0.717, 1.165) is 5.56 Å². The van der Waals surface area contributed by atoms with Crippen molar-refractivity contribution in [3.8, 4) is 5.75 Å². The first kappa shape index (κ1) is 16.2. The Kier molecular flexibility index (Phi) is 4.93. The van der Waals surface area contributed by atoms with E-state index in [1.165, 1.54) is 24.3 Å². The molecule has 3 nitrogen and oxygen atoms in total. The van der Waals surface area contributed by atoms with Gasteiger partial charge in [-0.3, -0.25) is 4.98 Å². The quantitative estimate of drug-likeness (QED) is 0.866. The minimum Gasteiger partial charge on any atom is -0.459 e. The first-order valence-electron chi connectivity index (χ1n) is 7.09. The van der Waals surface area contributed by atoms with Crippen molar-refractivity contribution >= 4 is 6.08 Å². The fourth-order valence-electron chi connectivity index (χ4n) is 1.86. The average molecular weight is 301 g/mol. The normalized spacial score (nSPS) is 13.8. The monoisotopic (exact) mass is 301 g/mol. The second-order valence-corrected chi connectivity index (χ2v) is 6.16. The highest BCUT2D eigenvalue weighted by Gasteiger charge is 2.27. The van der Waals surface area contributed by atoms with Gasteiger partial charge in [0.25, 0.3) is 0 Å². The topological polar surface area (TPSA) is 42.4 Å². The van der Waals surface area contributed by atoms with E-state index < -0.39 is 11.5 Å². The highest BCUT2D eigenvalue weighted by Crippen LogP contribution is 2.28. The predicted molar refractivity (Wildman–Crippen MR) is 84.7 cm³/mol. The third kappa shape index (κ3) is 4.40. The lowest BCUT2D eigenvalue weighted by Crippen LogP contribution is -2.30. The Morgan fingerprint density at radius 2 is 1.91 bits per heavy atom. The van der Waals surface area contributed by atoms with Crippen LogP contribution in [0.1, 0.15) is 26.3 Å². The Balaban J connectivity index is 2.33. The van der Waals surface area contributed by atoms with Gasteiger partial charge in [-0.2, -0.15) is 0 Å². The van der Waals surface area contributed by atoms with E-state index >= 15 is 0 Å². The second-order valence-electron chi connectivity index (χ2n) is 6.16. The number of aliphatic hydroxyl groups excluding tert-OH is 1. The van der Waals surface area contributed by atoms with E-state index in [2.05, 4.69) is 4.98 Å². The molecule has 1 heterocycles. The highest BCUT2D eigenvalue weighted by molar-refractivity contribution is 5.52. The van der Waals surface area contributed by atoms with Gasteiger partial charge in [-0.15, -0.1) is 0 Å². The SMILES string of the molecule is CC(C)(C)C(O)/C(=C\c1cccnc1)Oc1ccc(F)cc1. The molecule has 22 heavy (non-hydrogen) atoms. The first-order valence-corrected chi connectivity index (χ1v) is 7.09. The van der Waals surface area contributed by atoms with Crippen LogP contribution in [0.15, 0.2) is 54.6 Å². The Labute approximate surface area is 130 Å². The van der Waals surface area contributed by atoms with E-state index in [1.807, 2.05) is 32.9 Å². The van der Waals surface area contributed by atoms with Crippen LogP contribution in [0.4, 0.5) is 4.39 Å². The fraction of sp³-hybridized carbons (Fsp3) is 0.278. The molecular formula is C18H20FNO2. The number of aromatic nitrogens is 1. The van der Waals surface area contributed by atoms with Crippen molar-refractivity contribution in [3.05, 3.63) is 65.9 Å². The van der Waals surface area contributed by atoms with Gasteiger partial charge in [-0.1, -0.05) is 26.8 Å². The number of benzene rings is 1. The summed E-state index contributed by atoms with van der Waals surface area (Å²) in [6, 6.07) is 9.38. The van der Waals surface area contributed by atoms with Gasteiger partial charge >= 0.3 is 0 Å². The molecule has 0 bridgehead atoms. The summed E-state index contributed by atoms with van der Waals surface area (Å²) in [5.41, 5.74) is 0.427. The molecule has 4 heteroatoms. The number of aliphatic hydroxyl groups is 1. The molecule has 0 aliphatic heterocycles. The molecule has 0 fully saturated rings. The van der Waals surface area contributed by atoms with Gasteiger partial charge in [-0.05, 0) is 47.4 Å². The van der Waals surface area contributed by atoms with Crippen LogP contribution in [-0.2, 0) is 0 Å². The molecule has 0 spiro atoms. The van der Waals surface area contributed by atoms with Gasteiger partial charge in [0.15, 0.2) is 0 Å². The highest BCUT2D eigenvalue weighted by atomic mass is 19.1. The second kappa shape index (κ2) is 6.71. The molecule has 0 aliphatic rings. The molecule has 1 unspecified atom stereocenters.